The maximum atomic E-state index is 11.5. The molecule has 25 heavy (non-hydrogen) atoms. The Hall–Kier alpha value is -2.82. The Morgan fingerprint density at radius 2 is 2.08 bits per heavy atom. The quantitative estimate of drug-likeness (QED) is 0.494. The van der Waals surface area contributed by atoms with E-state index in [9.17, 15) is 10.1 Å². The van der Waals surface area contributed by atoms with Gasteiger partial charge in [-0.2, -0.15) is 0 Å². The maximum Gasteiger partial charge on any atom is 0.274 e. The first-order valence-corrected chi connectivity index (χ1v) is 8.62. The first-order chi connectivity index (χ1) is 12.2. The predicted octanol–water partition coefficient (Wildman–Crippen LogP) is 4.82. The number of para-hydroxylation sites is 1. The first-order valence-electron chi connectivity index (χ1n) is 8.62. The Labute approximate surface area is 146 Å². The van der Waals surface area contributed by atoms with Crippen LogP contribution in [0.15, 0.2) is 54.6 Å². The van der Waals surface area contributed by atoms with Crippen LogP contribution >= 0.6 is 0 Å². The Morgan fingerprint density at radius 1 is 1.24 bits per heavy atom. The third-order valence-corrected chi connectivity index (χ3v) is 5.11. The summed E-state index contributed by atoms with van der Waals surface area (Å²) < 4.78 is 5.64. The normalized spacial score (nSPS) is 23.5. The molecule has 1 heterocycles. The summed E-state index contributed by atoms with van der Waals surface area (Å²) in [6.07, 6.45) is 5.32. The summed E-state index contributed by atoms with van der Waals surface area (Å²) in [4.78, 5) is 11.2. The Bertz CT molecular complexity index is 847. The molecule has 0 amide bonds. The van der Waals surface area contributed by atoms with E-state index in [0.717, 1.165) is 23.4 Å². The van der Waals surface area contributed by atoms with Gasteiger partial charge in [-0.1, -0.05) is 30.4 Å². The highest BCUT2D eigenvalue weighted by Gasteiger charge is 2.40. The number of benzene rings is 2. The summed E-state index contributed by atoms with van der Waals surface area (Å²) in [5.74, 6) is 1.39. The van der Waals surface area contributed by atoms with Crippen LogP contribution in [0.5, 0.6) is 5.75 Å². The van der Waals surface area contributed by atoms with Gasteiger partial charge in [0, 0.05) is 17.7 Å². The molecule has 128 valence electrons. The van der Waals surface area contributed by atoms with Crippen LogP contribution in [0.3, 0.4) is 0 Å². The SMILES string of the molecule is CCOc1ccc2c(c1)[C@@H]1C=CC[C@H]1[C@@H](c1ccccc1[N+](=O)[O-])N2. The van der Waals surface area contributed by atoms with Crippen molar-refractivity contribution in [3.8, 4) is 5.75 Å². The highest BCUT2D eigenvalue weighted by atomic mass is 16.6. The van der Waals surface area contributed by atoms with Crippen molar-refractivity contribution in [2.75, 3.05) is 11.9 Å². The zero-order valence-electron chi connectivity index (χ0n) is 14.0. The van der Waals surface area contributed by atoms with E-state index in [0.29, 0.717) is 6.61 Å². The summed E-state index contributed by atoms with van der Waals surface area (Å²) in [6.45, 7) is 2.61. The highest BCUT2D eigenvalue weighted by Crippen LogP contribution is 2.51. The van der Waals surface area contributed by atoms with Gasteiger partial charge in [-0.25, -0.2) is 0 Å². The van der Waals surface area contributed by atoms with Crippen molar-refractivity contribution in [2.24, 2.45) is 5.92 Å². The molecule has 2 aromatic rings. The number of nitrogens with zero attached hydrogens (tertiary/aromatic N) is 1. The van der Waals surface area contributed by atoms with Crippen LogP contribution in [0, 0.1) is 16.0 Å². The molecule has 0 bridgehead atoms. The van der Waals surface area contributed by atoms with Crippen molar-refractivity contribution in [2.45, 2.75) is 25.3 Å². The monoisotopic (exact) mass is 336 g/mol. The van der Waals surface area contributed by atoms with Gasteiger partial charge in [-0.15, -0.1) is 0 Å². The zero-order chi connectivity index (χ0) is 17.4. The predicted molar refractivity (Wildman–Crippen MR) is 97.1 cm³/mol. The second-order valence-corrected chi connectivity index (χ2v) is 6.47. The average molecular weight is 336 g/mol. The number of allylic oxidation sites excluding steroid dienone is 2. The molecule has 0 aromatic heterocycles. The van der Waals surface area contributed by atoms with Crippen molar-refractivity contribution in [1.82, 2.24) is 0 Å². The second-order valence-electron chi connectivity index (χ2n) is 6.47. The minimum atomic E-state index is -0.290. The van der Waals surface area contributed by atoms with Crippen LogP contribution in [0.1, 0.15) is 36.4 Å². The van der Waals surface area contributed by atoms with Gasteiger partial charge >= 0.3 is 0 Å². The van der Waals surface area contributed by atoms with Crippen molar-refractivity contribution in [3.63, 3.8) is 0 Å². The van der Waals surface area contributed by atoms with Gasteiger partial charge in [0.2, 0.25) is 0 Å². The maximum absolute atomic E-state index is 11.5. The topological polar surface area (TPSA) is 64.4 Å². The van der Waals surface area contributed by atoms with Crippen molar-refractivity contribution in [1.29, 1.82) is 0 Å². The van der Waals surface area contributed by atoms with Gasteiger partial charge in [0.15, 0.2) is 0 Å². The first kappa shape index (κ1) is 15.7. The van der Waals surface area contributed by atoms with E-state index in [2.05, 4.69) is 23.5 Å². The molecule has 1 aliphatic carbocycles. The minimum absolute atomic E-state index is 0.0768. The van der Waals surface area contributed by atoms with E-state index in [1.54, 1.807) is 12.1 Å². The summed E-state index contributed by atoms with van der Waals surface area (Å²) >= 11 is 0. The molecule has 3 atom stereocenters. The summed E-state index contributed by atoms with van der Waals surface area (Å²) in [7, 11) is 0. The van der Waals surface area contributed by atoms with Gasteiger partial charge < -0.3 is 10.1 Å². The number of nitro benzene ring substituents is 1. The fourth-order valence-electron chi connectivity index (χ4n) is 4.05. The number of anilines is 1. The number of fused-ring (bicyclic) bond motifs is 3. The van der Waals surface area contributed by atoms with Crippen LogP contribution in [-0.2, 0) is 0 Å². The van der Waals surface area contributed by atoms with Crippen molar-refractivity contribution < 1.29 is 9.66 Å². The third kappa shape index (κ3) is 2.65. The molecule has 2 aromatic carbocycles. The minimum Gasteiger partial charge on any atom is -0.494 e. The number of nitro groups is 1. The molecule has 2 aliphatic rings. The molecule has 0 fully saturated rings. The van der Waals surface area contributed by atoms with Crippen molar-refractivity contribution >= 4 is 11.4 Å². The summed E-state index contributed by atoms with van der Waals surface area (Å²) in [5.41, 5.74) is 3.17. The molecule has 4 rings (SSSR count). The number of rotatable bonds is 4. The van der Waals surface area contributed by atoms with Crippen LogP contribution in [-0.4, -0.2) is 11.5 Å². The van der Waals surface area contributed by atoms with Crippen LogP contribution in [0.2, 0.25) is 0 Å². The molecular weight excluding hydrogens is 316 g/mol. The van der Waals surface area contributed by atoms with Crippen molar-refractivity contribution in [3.05, 3.63) is 75.9 Å². The fourth-order valence-corrected chi connectivity index (χ4v) is 4.05. The Balaban J connectivity index is 1.77. The molecule has 5 heteroatoms. The van der Waals surface area contributed by atoms with Gasteiger partial charge in [0.1, 0.15) is 5.75 Å². The molecule has 0 saturated carbocycles. The van der Waals surface area contributed by atoms with E-state index < -0.39 is 0 Å². The van der Waals surface area contributed by atoms with Crippen LogP contribution in [0.25, 0.3) is 0 Å². The van der Waals surface area contributed by atoms with E-state index in [1.165, 1.54) is 5.56 Å². The zero-order valence-corrected chi connectivity index (χ0v) is 14.0. The molecule has 5 nitrogen and oxygen atoms in total. The number of hydrogen-bond donors (Lipinski definition) is 1. The van der Waals surface area contributed by atoms with Crippen LogP contribution in [0.4, 0.5) is 11.4 Å². The van der Waals surface area contributed by atoms with E-state index in [-0.39, 0.29) is 28.5 Å². The summed E-state index contributed by atoms with van der Waals surface area (Å²) in [5, 5.41) is 15.0. The highest BCUT2D eigenvalue weighted by molar-refractivity contribution is 5.63. The van der Waals surface area contributed by atoms with Crippen LogP contribution < -0.4 is 10.1 Å². The number of ether oxygens (including phenoxy) is 1. The standard InChI is InChI=1S/C20H20N2O3/c1-2-25-13-10-11-18-17(12-13)14-7-5-8-15(14)20(21-18)16-6-3-4-9-19(16)22(23)24/h3-7,9-12,14-15,20-21H,2,8H2,1H3/t14-,15-,20+/m1/s1. The van der Waals surface area contributed by atoms with E-state index in [1.807, 2.05) is 31.2 Å². The molecule has 0 radical (unpaired) electrons. The Kier molecular flexibility index (Phi) is 3.92. The summed E-state index contributed by atoms with van der Waals surface area (Å²) in [6, 6.07) is 13.0. The lowest BCUT2D eigenvalue weighted by molar-refractivity contribution is -0.385. The lowest BCUT2D eigenvalue weighted by atomic mass is 9.76. The Morgan fingerprint density at radius 3 is 2.88 bits per heavy atom. The molecule has 0 unspecified atom stereocenters. The van der Waals surface area contributed by atoms with E-state index in [4.69, 9.17) is 4.74 Å². The van der Waals surface area contributed by atoms with Gasteiger partial charge in [-0.05, 0) is 43.0 Å². The van der Waals surface area contributed by atoms with Gasteiger partial charge in [0.25, 0.3) is 5.69 Å². The molecular formula is C20H20N2O3. The number of hydrogen-bond acceptors (Lipinski definition) is 4. The lowest BCUT2D eigenvalue weighted by Gasteiger charge is -2.37. The molecule has 0 saturated heterocycles. The van der Waals surface area contributed by atoms with Gasteiger partial charge in [-0.3, -0.25) is 10.1 Å². The largest absolute Gasteiger partial charge is 0.494 e. The lowest BCUT2D eigenvalue weighted by Crippen LogP contribution is -2.29. The molecule has 1 aliphatic heterocycles. The second kappa shape index (κ2) is 6.24. The average Bonchev–Trinajstić information content (AvgIpc) is 3.11. The van der Waals surface area contributed by atoms with E-state index >= 15 is 0 Å². The fraction of sp³-hybridized carbons (Fsp3) is 0.300. The smallest absolute Gasteiger partial charge is 0.274 e. The third-order valence-electron chi connectivity index (χ3n) is 5.11. The molecule has 0 spiro atoms. The molecule has 1 N–H and O–H groups in total. The van der Waals surface area contributed by atoms with Gasteiger partial charge in [0.05, 0.1) is 23.1 Å². The number of nitrogens with one attached hydrogen (secondary N) is 1.